The number of hydrogen-bond donors (Lipinski definition) is 3. The molecule has 20 heavy (non-hydrogen) atoms. The number of benzene rings is 1. The first-order valence-electron chi connectivity index (χ1n) is 6.19. The molecule has 0 aromatic heterocycles. The molecule has 1 atom stereocenters. The summed E-state index contributed by atoms with van der Waals surface area (Å²) in [5.74, 6) is -1.19. The van der Waals surface area contributed by atoms with E-state index in [0.717, 1.165) is 25.3 Å². The lowest BCUT2D eigenvalue weighted by molar-refractivity contribution is 0.0697. The van der Waals surface area contributed by atoms with Crippen LogP contribution in [0.1, 0.15) is 29.6 Å². The average Bonchev–Trinajstić information content (AvgIpc) is 2.38. The molecule has 0 saturated carbocycles. The van der Waals surface area contributed by atoms with Gasteiger partial charge in [0, 0.05) is 11.7 Å². The first-order valence-corrected chi connectivity index (χ1v) is 7.74. The van der Waals surface area contributed by atoms with Crippen LogP contribution >= 0.6 is 0 Å². The van der Waals surface area contributed by atoms with Gasteiger partial charge in [0.05, 0.1) is 10.5 Å². The summed E-state index contributed by atoms with van der Waals surface area (Å²) >= 11 is 0. The fraction of sp³-hybridized carbons (Fsp3) is 0.308. The Hall–Kier alpha value is -1.86. The molecule has 1 aromatic carbocycles. The number of nitrogens with one attached hydrogen (secondary N) is 1. The van der Waals surface area contributed by atoms with Gasteiger partial charge in [-0.15, -0.1) is 0 Å². The quantitative estimate of drug-likeness (QED) is 0.730. The molecule has 0 spiro atoms. The maximum Gasteiger partial charge on any atom is 0.337 e. The van der Waals surface area contributed by atoms with Gasteiger partial charge >= 0.3 is 5.97 Å². The van der Waals surface area contributed by atoms with Crippen molar-refractivity contribution in [2.24, 2.45) is 5.14 Å². The minimum atomic E-state index is -3.91. The third kappa shape index (κ3) is 3.37. The zero-order valence-electron chi connectivity index (χ0n) is 10.7. The lowest BCUT2D eigenvalue weighted by atomic mass is 10.0. The highest BCUT2D eigenvalue weighted by molar-refractivity contribution is 7.89. The predicted molar refractivity (Wildman–Crippen MR) is 75.2 cm³/mol. The second-order valence-electron chi connectivity index (χ2n) is 4.68. The van der Waals surface area contributed by atoms with E-state index in [1.807, 2.05) is 6.08 Å². The fourth-order valence-corrected chi connectivity index (χ4v) is 2.69. The Morgan fingerprint density at radius 3 is 2.65 bits per heavy atom. The van der Waals surface area contributed by atoms with Crippen molar-refractivity contribution < 1.29 is 18.3 Å². The van der Waals surface area contributed by atoms with E-state index in [1.165, 1.54) is 12.1 Å². The maximum atomic E-state index is 11.3. The molecule has 2 rings (SSSR count). The summed E-state index contributed by atoms with van der Waals surface area (Å²) in [6.07, 6.45) is 6.79. The molecule has 1 aliphatic rings. The number of aromatic carboxylic acids is 1. The van der Waals surface area contributed by atoms with E-state index < -0.39 is 16.0 Å². The van der Waals surface area contributed by atoms with Gasteiger partial charge in [0.25, 0.3) is 0 Å². The van der Waals surface area contributed by atoms with Gasteiger partial charge in [-0.1, -0.05) is 12.2 Å². The molecule has 1 aromatic rings. The molecule has 0 amide bonds. The Morgan fingerprint density at radius 1 is 1.35 bits per heavy atom. The highest BCUT2D eigenvalue weighted by Gasteiger charge is 2.18. The minimum Gasteiger partial charge on any atom is -0.478 e. The van der Waals surface area contributed by atoms with E-state index in [2.05, 4.69) is 11.4 Å². The van der Waals surface area contributed by atoms with Crippen molar-refractivity contribution in [3.05, 3.63) is 35.9 Å². The standard InChI is InChI=1S/C13H16N2O4S/c14-20(18,19)10-6-7-12(11(8-10)13(16)17)15-9-4-2-1-3-5-9/h1-2,6-9,15H,3-5H2,(H,16,17)(H2,14,18,19). The van der Waals surface area contributed by atoms with E-state index in [4.69, 9.17) is 5.14 Å². The van der Waals surface area contributed by atoms with Crippen molar-refractivity contribution >= 4 is 21.7 Å². The Morgan fingerprint density at radius 2 is 2.10 bits per heavy atom. The number of anilines is 1. The number of allylic oxidation sites excluding steroid dienone is 1. The summed E-state index contributed by atoms with van der Waals surface area (Å²) < 4.78 is 22.5. The van der Waals surface area contributed by atoms with Crippen molar-refractivity contribution in [3.8, 4) is 0 Å². The summed E-state index contributed by atoms with van der Waals surface area (Å²) in [5, 5.41) is 17.3. The second kappa shape index (κ2) is 5.64. The smallest absolute Gasteiger partial charge is 0.337 e. The van der Waals surface area contributed by atoms with Crippen LogP contribution in [-0.2, 0) is 10.0 Å². The number of carboxylic acids is 1. The number of sulfonamides is 1. The number of carbonyl (C=O) groups is 1. The van der Waals surface area contributed by atoms with Crippen LogP contribution in [0.2, 0.25) is 0 Å². The van der Waals surface area contributed by atoms with E-state index >= 15 is 0 Å². The van der Waals surface area contributed by atoms with E-state index in [0.29, 0.717) is 5.69 Å². The van der Waals surface area contributed by atoms with Gasteiger partial charge in [-0.2, -0.15) is 0 Å². The number of carboxylic acid groups (broad SMARTS) is 1. The number of rotatable bonds is 4. The van der Waals surface area contributed by atoms with Crippen LogP contribution in [0, 0.1) is 0 Å². The van der Waals surface area contributed by atoms with Crippen LogP contribution in [0.5, 0.6) is 0 Å². The third-order valence-electron chi connectivity index (χ3n) is 3.18. The van der Waals surface area contributed by atoms with Gasteiger partial charge in [-0.3, -0.25) is 0 Å². The van der Waals surface area contributed by atoms with Crippen molar-refractivity contribution in [2.75, 3.05) is 5.32 Å². The molecule has 6 nitrogen and oxygen atoms in total. The summed E-state index contributed by atoms with van der Waals surface area (Å²) in [7, 11) is -3.91. The molecule has 0 radical (unpaired) electrons. The van der Waals surface area contributed by atoms with Gasteiger partial charge in [-0.05, 0) is 37.5 Å². The fourth-order valence-electron chi connectivity index (χ4n) is 2.15. The van der Waals surface area contributed by atoms with Crippen molar-refractivity contribution in [1.82, 2.24) is 0 Å². The van der Waals surface area contributed by atoms with Crippen molar-refractivity contribution in [1.29, 1.82) is 0 Å². The van der Waals surface area contributed by atoms with Crippen molar-refractivity contribution in [3.63, 3.8) is 0 Å². The normalized spacial score (nSPS) is 18.8. The van der Waals surface area contributed by atoms with Gasteiger partial charge in [-0.25, -0.2) is 18.4 Å². The molecule has 1 unspecified atom stereocenters. The first kappa shape index (κ1) is 14.5. The third-order valence-corrected chi connectivity index (χ3v) is 4.09. The van der Waals surface area contributed by atoms with Crippen LogP contribution in [0.15, 0.2) is 35.2 Å². The molecule has 0 heterocycles. The summed E-state index contributed by atoms with van der Waals surface area (Å²) in [4.78, 5) is 11.0. The van der Waals surface area contributed by atoms with Gasteiger partial charge in [0.2, 0.25) is 10.0 Å². The molecular weight excluding hydrogens is 280 g/mol. The molecule has 0 aliphatic heterocycles. The molecule has 4 N–H and O–H groups in total. The lowest BCUT2D eigenvalue weighted by Gasteiger charge is -2.21. The summed E-state index contributed by atoms with van der Waals surface area (Å²) in [6.45, 7) is 0. The van der Waals surface area contributed by atoms with Gasteiger partial charge in [0.1, 0.15) is 0 Å². The van der Waals surface area contributed by atoms with Gasteiger partial charge in [0.15, 0.2) is 0 Å². The SMILES string of the molecule is NS(=O)(=O)c1ccc(NC2CC=CCC2)c(C(=O)O)c1. The van der Waals surface area contributed by atoms with E-state index in [-0.39, 0.29) is 16.5 Å². The molecule has 0 fully saturated rings. The second-order valence-corrected chi connectivity index (χ2v) is 6.24. The summed E-state index contributed by atoms with van der Waals surface area (Å²) in [6, 6.07) is 3.99. The molecule has 108 valence electrons. The minimum absolute atomic E-state index is 0.0916. The van der Waals surface area contributed by atoms with Crippen LogP contribution in [0.3, 0.4) is 0 Å². The van der Waals surface area contributed by atoms with Crippen LogP contribution < -0.4 is 10.5 Å². The largest absolute Gasteiger partial charge is 0.478 e. The summed E-state index contributed by atoms with van der Waals surface area (Å²) in [5.41, 5.74) is 0.316. The van der Waals surface area contributed by atoms with Crippen molar-refractivity contribution in [2.45, 2.75) is 30.2 Å². The molecule has 0 bridgehead atoms. The number of hydrogen-bond acceptors (Lipinski definition) is 4. The van der Waals surface area contributed by atoms with Crippen LogP contribution in [0.4, 0.5) is 5.69 Å². The molecule has 7 heteroatoms. The average molecular weight is 296 g/mol. The Kier molecular flexibility index (Phi) is 4.10. The zero-order valence-corrected chi connectivity index (χ0v) is 11.6. The zero-order chi connectivity index (χ0) is 14.8. The highest BCUT2D eigenvalue weighted by atomic mass is 32.2. The first-order chi connectivity index (χ1) is 9.38. The Bertz CT molecular complexity index is 652. The maximum absolute atomic E-state index is 11.3. The number of primary sulfonamides is 1. The van der Waals surface area contributed by atoms with Crippen LogP contribution in [0.25, 0.3) is 0 Å². The number of nitrogens with two attached hydrogens (primary N) is 1. The molecule has 0 saturated heterocycles. The molecule has 1 aliphatic carbocycles. The van der Waals surface area contributed by atoms with Gasteiger partial charge < -0.3 is 10.4 Å². The van der Waals surface area contributed by atoms with Crippen LogP contribution in [-0.4, -0.2) is 25.5 Å². The van der Waals surface area contributed by atoms with E-state index in [9.17, 15) is 18.3 Å². The Labute approximate surface area is 117 Å². The molecular formula is C13H16N2O4S. The van der Waals surface area contributed by atoms with E-state index in [1.54, 1.807) is 0 Å². The monoisotopic (exact) mass is 296 g/mol. The topological polar surface area (TPSA) is 109 Å². The lowest BCUT2D eigenvalue weighted by Crippen LogP contribution is -2.22. The highest BCUT2D eigenvalue weighted by Crippen LogP contribution is 2.23. The predicted octanol–water partition coefficient (Wildman–Crippen LogP) is 1.55. The Balaban J connectivity index is 2.33.